The van der Waals surface area contributed by atoms with Gasteiger partial charge in [0.15, 0.2) is 0 Å². The summed E-state index contributed by atoms with van der Waals surface area (Å²) in [6.45, 7) is 12.1. The molecule has 106 valence electrons. The molecule has 0 aromatic carbocycles. The van der Waals surface area contributed by atoms with Crippen LogP contribution in [0.4, 0.5) is 0 Å². The highest BCUT2D eigenvalue weighted by molar-refractivity contribution is 4.87. The maximum Gasteiger partial charge on any atom is 0.0715 e. The monoisotopic (exact) mass is 254 g/mol. The van der Waals surface area contributed by atoms with E-state index >= 15 is 0 Å². The summed E-state index contributed by atoms with van der Waals surface area (Å²) < 4.78 is 0. The third-order valence-electron chi connectivity index (χ3n) is 4.59. The molecule has 2 saturated heterocycles. The Morgan fingerprint density at radius 2 is 1.78 bits per heavy atom. The van der Waals surface area contributed by atoms with Crippen molar-refractivity contribution in [2.75, 3.05) is 32.7 Å². The fraction of sp³-hybridized carbons (Fsp3) is 1.00. The molecule has 2 fully saturated rings. The Morgan fingerprint density at radius 1 is 1.11 bits per heavy atom. The van der Waals surface area contributed by atoms with Crippen LogP contribution in [0.25, 0.3) is 0 Å². The molecule has 3 nitrogen and oxygen atoms in total. The third-order valence-corrected chi connectivity index (χ3v) is 4.59. The van der Waals surface area contributed by atoms with Crippen molar-refractivity contribution in [3.63, 3.8) is 0 Å². The van der Waals surface area contributed by atoms with Gasteiger partial charge in [-0.15, -0.1) is 0 Å². The summed E-state index contributed by atoms with van der Waals surface area (Å²) in [4.78, 5) is 5.13. The van der Waals surface area contributed by atoms with Crippen LogP contribution in [-0.2, 0) is 0 Å². The number of hydrogen-bond donors (Lipinski definition) is 1. The fourth-order valence-corrected chi connectivity index (χ4v) is 3.08. The van der Waals surface area contributed by atoms with Gasteiger partial charge in [0.25, 0.3) is 0 Å². The number of piperidine rings is 1. The van der Waals surface area contributed by atoms with Gasteiger partial charge < -0.3 is 5.11 Å². The van der Waals surface area contributed by atoms with E-state index in [4.69, 9.17) is 0 Å². The van der Waals surface area contributed by atoms with Crippen molar-refractivity contribution in [1.82, 2.24) is 9.80 Å². The van der Waals surface area contributed by atoms with Gasteiger partial charge >= 0.3 is 0 Å². The Labute approximate surface area is 112 Å². The topological polar surface area (TPSA) is 26.7 Å². The fourth-order valence-electron chi connectivity index (χ4n) is 3.08. The highest BCUT2D eigenvalue weighted by Crippen LogP contribution is 2.24. The van der Waals surface area contributed by atoms with E-state index in [-0.39, 0.29) is 11.5 Å². The molecular formula is C15H30N2O. The zero-order valence-electron chi connectivity index (χ0n) is 12.4. The number of nitrogens with zero attached hydrogens (tertiary/aromatic N) is 2. The van der Waals surface area contributed by atoms with Crippen molar-refractivity contribution in [1.29, 1.82) is 0 Å². The number of rotatable bonds is 3. The molecule has 0 radical (unpaired) electrons. The van der Waals surface area contributed by atoms with Crippen molar-refractivity contribution in [3.8, 4) is 0 Å². The van der Waals surface area contributed by atoms with Gasteiger partial charge in [-0.25, -0.2) is 0 Å². The Balaban J connectivity index is 1.77. The van der Waals surface area contributed by atoms with Crippen LogP contribution in [0.2, 0.25) is 0 Å². The van der Waals surface area contributed by atoms with E-state index in [0.717, 1.165) is 25.7 Å². The zero-order valence-corrected chi connectivity index (χ0v) is 12.4. The van der Waals surface area contributed by atoms with Gasteiger partial charge in [-0.2, -0.15) is 0 Å². The van der Waals surface area contributed by atoms with E-state index in [1.165, 1.54) is 38.8 Å². The molecule has 0 saturated carbocycles. The van der Waals surface area contributed by atoms with Gasteiger partial charge in [-0.3, -0.25) is 9.80 Å². The number of hydrogen-bond acceptors (Lipinski definition) is 3. The summed E-state index contributed by atoms with van der Waals surface area (Å²) in [6, 6.07) is 0.748. The van der Waals surface area contributed by atoms with Gasteiger partial charge in [0.1, 0.15) is 0 Å². The predicted molar refractivity (Wildman–Crippen MR) is 75.7 cm³/mol. The molecule has 2 aliphatic heterocycles. The van der Waals surface area contributed by atoms with E-state index < -0.39 is 0 Å². The third kappa shape index (κ3) is 3.69. The lowest BCUT2D eigenvalue weighted by Gasteiger charge is -2.33. The molecule has 1 N–H and O–H groups in total. The second-order valence-electron chi connectivity index (χ2n) is 7.18. The first-order valence-electron chi connectivity index (χ1n) is 7.61. The number of likely N-dealkylation sites (tertiary alicyclic amines) is 2. The van der Waals surface area contributed by atoms with Gasteiger partial charge in [-0.1, -0.05) is 27.2 Å². The highest BCUT2D eigenvalue weighted by atomic mass is 16.3. The number of β-amino-alcohol motifs (C(OH)–C–C–N with tert-alkyl or cyclic N) is 1. The first-order chi connectivity index (χ1) is 8.47. The van der Waals surface area contributed by atoms with Crippen molar-refractivity contribution in [2.45, 2.75) is 58.6 Å². The van der Waals surface area contributed by atoms with Crippen molar-refractivity contribution in [2.24, 2.45) is 5.41 Å². The van der Waals surface area contributed by atoms with Crippen LogP contribution in [0.1, 0.15) is 46.5 Å². The molecule has 2 atom stereocenters. The first-order valence-corrected chi connectivity index (χ1v) is 7.61. The van der Waals surface area contributed by atoms with Gasteiger partial charge in [0, 0.05) is 19.1 Å². The zero-order chi connectivity index (χ0) is 13.2. The van der Waals surface area contributed by atoms with E-state index in [1.807, 2.05) is 0 Å². The van der Waals surface area contributed by atoms with E-state index in [1.54, 1.807) is 0 Å². The molecule has 2 aliphatic rings. The minimum atomic E-state index is -0.211. The standard InChI is InChI=1S/C15H30N2O/c1-15(2,3)14(18)12-16-10-7-13(11-16)17-8-5-4-6-9-17/h13-14,18H,4-12H2,1-3H3. The molecule has 0 aromatic heterocycles. The largest absolute Gasteiger partial charge is 0.391 e. The average Bonchev–Trinajstić information content (AvgIpc) is 2.77. The molecule has 18 heavy (non-hydrogen) atoms. The van der Waals surface area contributed by atoms with Crippen LogP contribution >= 0.6 is 0 Å². The summed E-state index contributed by atoms with van der Waals surface area (Å²) in [5.41, 5.74) is 0.00319. The SMILES string of the molecule is CC(C)(C)C(O)CN1CCC(N2CCCCC2)C1. The summed E-state index contributed by atoms with van der Waals surface area (Å²) in [5.74, 6) is 0. The smallest absolute Gasteiger partial charge is 0.0715 e. The molecule has 0 spiro atoms. The van der Waals surface area contributed by atoms with Crippen LogP contribution in [-0.4, -0.2) is 59.8 Å². The molecule has 2 heterocycles. The second kappa shape index (κ2) is 5.89. The highest BCUT2D eigenvalue weighted by Gasteiger charge is 2.31. The van der Waals surface area contributed by atoms with Crippen molar-refractivity contribution < 1.29 is 5.11 Å². The van der Waals surface area contributed by atoms with Crippen molar-refractivity contribution >= 4 is 0 Å². The lowest BCUT2D eigenvalue weighted by atomic mass is 9.89. The molecule has 0 bridgehead atoms. The summed E-state index contributed by atoms with van der Waals surface area (Å²) in [7, 11) is 0. The molecular weight excluding hydrogens is 224 g/mol. The molecule has 0 aliphatic carbocycles. The number of aliphatic hydroxyl groups is 1. The summed E-state index contributed by atoms with van der Waals surface area (Å²) in [6.07, 6.45) is 5.24. The Morgan fingerprint density at radius 3 is 2.39 bits per heavy atom. The Hall–Kier alpha value is -0.120. The van der Waals surface area contributed by atoms with Crippen LogP contribution in [0.15, 0.2) is 0 Å². The molecule has 2 rings (SSSR count). The lowest BCUT2D eigenvalue weighted by molar-refractivity contribution is 0.0321. The minimum Gasteiger partial charge on any atom is -0.391 e. The predicted octanol–water partition coefficient (Wildman–Crippen LogP) is 1.95. The van der Waals surface area contributed by atoms with Crippen LogP contribution < -0.4 is 0 Å². The average molecular weight is 254 g/mol. The Bertz CT molecular complexity index is 256. The molecule has 2 unspecified atom stereocenters. The second-order valence-corrected chi connectivity index (χ2v) is 7.18. The van der Waals surface area contributed by atoms with E-state index in [0.29, 0.717) is 0 Å². The maximum atomic E-state index is 10.2. The van der Waals surface area contributed by atoms with Gasteiger partial charge in [0.2, 0.25) is 0 Å². The number of aliphatic hydroxyl groups excluding tert-OH is 1. The van der Waals surface area contributed by atoms with E-state index in [2.05, 4.69) is 30.6 Å². The summed E-state index contributed by atoms with van der Waals surface area (Å²) >= 11 is 0. The Kier molecular flexibility index (Phi) is 4.68. The van der Waals surface area contributed by atoms with Gasteiger partial charge in [-0.05, 0) is 44.3 Å². The first kappa shape index (κ1) is 14.3. The van der Waals surface area contributed by atoms with Crippen LogP contribution in [0, 0.1) is 5.41 Å². The minimum absolute atomic E-state index is 0.00319. The molecule has 0 aromatic rings. The normalized spacial score (nSPS) is 29.7. The summed E-state index contributed by atoms with van der Waals surface area (Å²) in [5, 5.41) is 10.2. The quantitative estimate of drug-likeness (QED) is 0.834. The maximum absolute atomic E-state index is 10.2. The van der Waals surface area contributed by atoms with Gasteiger partial charge in [0.05, 0.1) is 6.10 Å². The van der Waals surface area contributed by atoms with E-state index in [9.17, 15) is 5.11 Å². The molecule has 0 amide bonds. The lowest BCUT2D eigenvalue weighted by Crippen LogP contribution is -2.43. The van der Waals surface area contributed by atoms with Crippen molar-refractivity contribution in [3.05, 3.63) is 0 Å². The van der Waals surface area contributed by atoms with Crippen LogP contribution in [0.5, 0.6) is 0 Å². The molecule has 3 heteroatoms. The van der Waals surface area contributed by atoms with Crippen LogP contribution in [0.3, 0.4) is 0 Å².